The topological polar surface area (TPSA) is 72.2 Å². The van der Waals surface area contributed by atoms with Crippen LogP contribution in [0.5, 0.6) is 0 Å². The fourth-order valence-corrected chi connectivity index (χ4v) is 5.18. The Kier molecular flexibility index (Phi) is 5.21. The molecule has 0 amide bonds. The third-order valence-electron chi connectivity index (χ3n) is 3.98. The lowest BCUT2D eigenvalue weighted by atomic mass is 9.84. The number of benzene rings is 1. The van der Waals surface area contributed by atoms with Crippen molar-refractivity contribution in [1.82, 2.24) is 4.72 Å². The van der Waals surface area contributed by atoms with E-state index in [1.165, 1.54) is 12.1 Å². The van der Waals surface area contributed by atoms with Crippen LogP contribution in [0.1, 0.15) is 44.6 Å². The Balaban J connectivity index is 2.36. The Labute approximate surface area is 136 Å². The van der Waals surface area contributed by atoms with Crippen LogP contribution in [0, 0.1) is 0 Å². The Morgan fingerprint density at radius 3 is 2.43 bits per heavy atom. The van der Waals surface area contributed by atoms with Crippen LogP contribution in [0.3, 0.4) is 0 Å². The SMILES string of the molecule is CC1(NS(=O)(=O)c2ccc(Cl)c(CN)c2Cl)CCCCC1. The third-order valence-corrected chi connectivity index (χ3v) is 6.56. The largest absolute Gasteiger partial charge is 0.326 e. The summed E-state index contributed by atoms with van der Waals surface area (Å²) >= 11 is 12.2. The van der Waals surface area contributed by atoms with E-state index in [4.69, 9.17) is 28.9 Å². The summed E-state index contributed by atoms with van der Waals surface area (Å²) < 4.78 is 28.1. The lowest BCUT2D eigenvalue weighted by Gasteiger charge is -2.34. The molecule has 1 saturated carbocycles. The molecule has 0 aliphatic heterocycles. The number of nitrogens with one attached hydrogen (secondary N) is 1. The van der Waals surface area contributed by atoms with Crippen LogP contribution in [0.15, 0.2) is 17.0 Å². The highest BCUT2D eigenvalue weighted by molar-refractivity contribution is 7.89. The van der Waals surface area contributed by atoms with Crippen molar-refractivity contribution in [3.05, 3.63) is 27.7 Å². The molecule has 0 radical (unpaired) electrons. The third kappa shape index (κ3) is 3.71. The first-order chi connectivity index (χ1) is 9.79. The minimum absolute atomic E-state index is 0.0424. The van der Waals surface area contributed by atoms with Gasteiger partial charge in [0.2, 0.25) is 10.0 Å². The van der Waals surface area contributed by atoms with E-state index in [0.29, 0.717) is 10.6 Å². The predicted molar refractivity (Wildman–Crippen MR) is 86.2 cm³/mol. The number of rotatable bonds is 4. The summed E-state index contributed by atoms with van der Waals surface area (Å²) in [6.07, 6.45) is 4.88. The molecule has 0 bridgehead atoms. The van der Waals surface area contributed by atoms with Crippen molar-refractivity contribution < 1.29 is 8.42 Å². The average Bonchev–Trinajstić information content (AvgIpc) is 2.38. The number of hydrogen-bond donors (Lipinski definition) is 2. The van der Waals surface area contributed by atoms with Crippen molar-refractivity contribution in [1.29, 1.82) is 0 Å². The first-order valence-electron chi connectivity index (χ1n) is 7.00. The van der Waals surface area contributed by atoms with Gasteiger partial charge in [-0.25, -0.2) is 13.1 Å². The molecule has 0 saturated heterocycles. The summed E-state index contributed by atoms with van der Waals surface area (Å²) in [7, 11) is -3.69. The Hall–Kier alpha value is -0.330. The maximum Gasteiger partial charge on any atom is 0.242 e. The Morgan fingerprint density at radius 2 is 1.86 bits per heavy atom. The van der Waals surface area contributed by atoms with Gasteiger partial charge < -0.3 is 5.73 Å². The molecule has 0 aromatic heterocycles. The summed E-state index contributed by atoms with van der Waals surface area (Å²) in [5, 5.41) is 0.488. The van der Waals surface area contributed by atoms with Gasteiger partial charge in [-0.05, 0) is 31.9 Å². The summed E-state index contributed by atoms with van der Waals surface area (Å²) in [4.78, 5) is 0.0424. The maximum absolute atomic E-state index is 12.6. The molecule has 0 spiro atoms. The second-order valence-corrected chi connectivity index (χ2v) is 8.20. The van der Waals surface area contributed by atoms with Gasteiger partial charge in [0, 0.05) is 22.7 Å². The summed E-state index contributed by atoms with van der Waals surface area (Å²) in [5.74, 6) is 0. The molecule has 3 N–H and O–H groups in total. The summed E-state index contributed by atoms with van der Waals surface area (Å²) in [5.41, 5.74) is 5.63. The van der Waals surface area contributed by atoms with Crippen LogP contribution in [0.2, 0.25) is 10.0 Å². The standard InChI is InChI=1S/C14H20Cl2N2O2S/c1-14(7-3-2-4-8-14)18-21(19,20)12-6-5-11(15)10(9-17)13(12)16/h5-6,18H,2-4,7-9,17H2,1H3. The number of hydrogen-bond acceptors (Lipinski definition) is 3. The molecule has 1 aromatic carbocycles. The van der Waals surface area contributed by atoms with E-state index >= 15 is 0 Å². The van der Waals surface area contributed by atoms with Crippen molar-refractivity contribution in [3.63, 3.8) is 0 Å². The van der Waals surface area contributed by atoms with Crippen molar-refractivity contribution >= 4 is 33.2 Å². The van der Waals surface area contributed by atoms with Crippen LogP contribution in [-0.4, -0.2) is 14.0 Å². The van der Waals surface area contributed by atoms with E-state index in [0.717, 1.165) is 32.1 Å². The number of halogens is 2. The van der Waals surface area contributed by atoms with Crippen LogP contribution in [-0.2, 0) is 16.6 Å². The van der Waals surface area contributed by atoms with Gasteiger partial charge in [0.05, 0.1) is 5.02 Å². The normalized spacial score (nSPS) is 18.7. The van der Waals surface area contributed by atoms with Gasteiger partial charge in [0.25, 0.3) is 0 Å². The van der Waals surface area contributed by atoms with E-state index in [-0.39, 0.29) is 16.5 Å². The predicted octanol–water partition coefficient (Wildman–Crippen LogP) is 3.45. The molecule has 1 fully saturated rings. The molecular formula is C14H20Cl2N2O2S. The molecule has 0 heterocycles. The van der Waals surface area contributed by atoms with Gasteiger partial charge in [0.1, 0.15) is 4.90 Å². The van der Waals surface area contributed by atoms with Gasteiger partial charge in [-0.2, -0.15) is 0 Å². The minimum Gasteiger partial charge on any atom is -0.326 e. The second-order valence-electron chi connectivity index (χ2n) is 5.77. The van der Waals surface area contributed by atoms with E-state index in [9.17, 15) is 8.42 Å². The number of nitrogens with two attached hydrogens (primary N) is 1. The molecule has 7 heteroatoms. The molecule has 1 aliphatic carbocycles. The van der Waals surface area contributed by atoms with Crippen LogP contribution in [0.25, 0.3) is 0 Å². The van der Waals surface area contributed by atoms with Gasteiger partial charge in [-0.3, -0.25) is 0 Å². The fraction of sp³-hybridized carbons (Fsp3) is 0.571. The molecule has 2 rings (SSSR count). The molecule has 21 heavy (non-hydrogen) atoms. The summed E-state index contributed by atoms with van der Waals surface area (Å²) in [6.45, 7) is 2.04. The van der Waals surface area contributed by atoms with E-state index in [1.54, 1.807) is 0 Å². The quantitative estimate of drug-likeness (QED) is 0.873. The molecule has 1 aliphatic rings. The van der Waals surface area contributed by atoms with Gasteiger partial charge in [-0.15, -0.1) is 0 Å². The van der Waals surface area contributed by atoms with E-state index in [2.05, 4.69) is 4.72 Å². The second kappa shape index (κ2) is 6.42. The van der Waals surface area contributed by atoms with Crippen molar-refractivity contribution in [2.24, 2.45) is 5.73 Å². The zero-order valence-corrected chi connectivity index (χ0v) is 14.3. The smallest absolute Gasteiger partial charge is 0.242 e. The Bertz CT molecular complexity index is 626. The zero-order valence-electron chi connectivity index (χ0n) is 12.0. The first-order valence-corrected chi connectivity index (χ1v) is 9.24. The van der Waals surface area contributed by atoms with Crippen molar-refractivity contribution in [2.45, 2.75) is 56.0 Å². The monoisotopic (exact) mass is 350 g/mol. The van der Waals surface area contributed by atoms with Gasteiger partial charge in [-0.1, -0.05) is 42.5 Å². The number of sulfonamides is 1. The molecule has 0 atom stereocenters. The van der Waals surface area contributed by atoms with E-state index in [1.807, 2.05) is 6.92 Å². The summed E-state index contributed by atoms with van der Waals surface area (Å²) in [6, 6.07) is 2.95. The lowest BCUT2D eigenvalue weighted by Crippen LogP contribution is -2.47. The van der Waals surface area contributed by atoms with Gasteiger partial charge >= 0.3 is 0 Å². The van der Waals surface area contributed by atoms with Crippen LogP contribution >= 0.6 is 23.2 Å². The molecule has 0 unspecified atom stereocenters. The molecule has 1 aromatic rings. The van der Waals surface area contributed by atoms with Crippen molar-refractivity contribution in [3.8, 4) is 0 Å². The Morgan fingerprint density at radius 1 is 1.24 bits per heavy atom. The maximum atomic E-state index is 12.6. The van der Waals surface area contributed by atoms with Gasteiger partial charge in [0.15, 0.2) is 0 Å². The van der Waals surface area contributed by atoms with Crippen LogP contribution < -0.4 is 10.5 Å². The van der Waals surface area contributed by atoms with E-state index < -0.39 is 15.6 Å². The first kappa shape index (κ1) is 17.0. The lowest BCUT2D eigenvalue weighted by molar-refractivity contribution is 0.294. The highest BCUT2D eigenvalue weighted by atomic mass is 35.5. The van der Waals surface area contributed by atoms with Crippen LogP contribution in [0.4, 0.5) is 0 Å². The highest BCUT2D eigenvalue weighted by Gasteiger charge is 2.33. The highest BCUT2D eigenvalue weighted by Crippen LogP contribution is 2.33. The minimum atomic E-state index is -3.69. The van der Waals surface area contributed by atoms with Crippen molar-refractivity contribution in [2.75, 3.05) is 0 Å². The fourth-order valence-electron chi connectivity index (χ4n) is 2.78. The zero-order chi connectivity index (χ0) is 15.7. The average molecular weight is 351 g/mol. The molecular weight excluding hydrogens is 331 g/mol. The molecule has 4 nitrogen and oxygen atoms in total. The molecule has 118 valence electrons.